The van der Waals surface area contributed by atoms with Gasteiger partial charge in [0.2, 0.25) is 0 Å². The van der Waals surface area contributed by atoms with Crippen LogP contribution in [0, 0.1) is 5.82 Å². The SMILES string of the molecule is CCOCCCCNC(=NC)NCCc1ccc(F)c(Br)c1. The highest BCUT2D eigenvalue weighted by Gasteiger charge is 2.01. The zero-order chi connectivity index (χ0) is 16.2. The van der Waals surface area contributed by atoms with Gasteiger partial charge in [-0.25, -0.2) is 4.39 Å². The highest BCUT2D eigenvalue weighted by Crippen LogP contribution is 2.16. The Balaban J connectivity index is 2.19. The van der Waals surface area contributed by atoms with Gasteiger partial charge in [-0.2, -0.15) is 0 Å². The fraction of sp³-hybridized carbons (Fsp3) is 0.562. The zero-order valence-corrected chi connectivity index (χ0v) is 14.9. The summed E-state index contributed by atoms with van der Waals surface area (Å²) in [5.41, 5.74) is 1.08. The van der Waals surface area contributed by atoms with Crippen LogP contribution in [0.15, 0.2) is 27.7 Å². The maximum Gasteiger partial charge on any atom is 0.190 e. The number of aliphatic imine (C=N–C) groups is 1. The van der Waals surface area contributed by atoms with Gasteiger partial charge in [-0.1, -0.05) is 6.07 Å². The number of rotatable bonds is 9. The molecule has 0 atom stereocenters. The summed E-state index contributed by atoms with van der Waals surface area (Å²) < 4.78 is 19.0. The lowest BCUT2D eigenvalue weighted by atomic mass is 10.1. The summed E-state index contributed by atoms with van der Waals surface area (Å²) in [4.78, 5) is 4.18. The number of unbranched alkanes of at least 4 members (excludes halogenated alkanes) is 1. The largest absolute Gasteiger partial charge is 0.382 e. The Morgan fingerprint density at radius 2 is 2.05 bits per heavy atom. The lowest BCUT2D eigenvalue weighted by Crippen LogP contribution is -2.38. The third-order valence-corrected chi connectivity index (χ3v) is 3.73. The summed E-state index contributed by atoms with van der Waals surface area (Å²) >= 11 is 3.20. The van der Waals surface area contributed by atoms with Crippen molar-refractivity contribution in [2.75, 3.05) is 33.4 Å². The number of nitrogens with one attached hydrogen (secondary N) is 2. The maximum atomic E-state index is 13.2. The van der Waals surface area contributed by atoms with Gasteiger partial charge >= 0.3 is 0 Å². The average Bonchev–Trinajstić information content (AvgIpc) is 2.52. The molecule has 1 rings (SSSR count). The first-order valence-electron chi connectivity index (χ1n) is 7.63. The summed E-state index contributed by atoms with van der Waals surface area (Å²) in [6.45, 7) is 5.20. The molecular formula is C16H25BrFN3O. The second-order valence-electron chi connectivity index (χ2n) is 4.83. The molecule has 0 amide bonds. The molecule has 0 heterocycles. The average molecular weight is 374 g/mol. The lowest BCUT2D eigenvalue weighted by Gasteiger charge is -2.12. The Hall–Kier alpha value is -1.14. The van der Waals surface area contributed by atoms with E-state index in [1.807, 2.05) is 6.92 Å². The molecule has 1 aromatic rings. The van der Waals surface area contributed by atoms with Crippen molar-refractivity contribution >= 4 is 21.9 Å². The van der Waals surface area contributed by atoms with Crippen LogP contribution in [0.2, 0.25) is 0 Å². The van der Waals surface area contributed by atoms with Gasteiger partial charge in [0.25, 0.3) is 0 Å². The number of hydrogen-bond acceptors (Lipinski definition) is 2. The molecule has 6 heteroatoms. The van der Waals surface area contributed by atoms with Crippen LogP contribution in [0.25, 0.3) is 0 Å². The summed E-state index contributed by atoms with van der Waals surface area (Å²) in [5.74, 6) is 0.554. The van der Waals surface area contributed by atoms with Gasteiger partial charge < -0.3 is 15.4 Å². The molecule has 124 valence electrons. The van der Waals surface area contributed by atoms with Gasteiger partial charge in [-0.05, 0) is 59.8 Å². The molecule has 0 aliphatic carbocycles. The molecule has 1 aromatic carbocycles. The summed E-state index contributed by atoms with van der Waals surface area (Å²) in [6, 6.07) is 5.08. The van der Waals surface area contributed by atoms with E-state index in [-0.39, 0.29) is 5.82 Å². The second-order valence-corrected chi connectivity index (χ2v) is 5.68. The van der Waals surface area contributed by atoms with Crippen molar-refractivity contribution in [3.8, 4) is 0 Å². The molecule has 0 spiro atoms. The molecule has 4 nitrogen and oxygen atoms in total. The lowest BCUT2D eigenvalue weighted by molar-refractivity contribution is 0.143. The van der Waals surface area contributed by atoms with Crippen LogP contribution < -0.4 is 10.6 Å². The topological polar surface area (TPSA) is 45.6 Å². The van der Waals surface area contributed by atoms with Gasteiger partial charge in [0.1, 0.15) is 5.82 Å². The fourth-order valence-corrected chi connectivity index (χ4v) is 2.35. The van der Waals surface area contributed by atoms with Gasteiger partial charge in [0, 0.05) is 33.4 Å². The minimum Gasteiger partial charge on any atom is -0.382 e. The summed E-state index contributed by atoms with van der Waals surface area (Å²) in [5, 5.41) is 6.52. The van der Waals surface area contributed by atoms with Crippen LogP contribution in [0.3, 0.4) is 0 Å². The van der Waals surface area contributed by atoms with Crippen LogP contribution in [0.4, 0.5) is 4.39 Å². The molecule has 0 saturated carbocycles. The van der Waals surface area contributed by atoms with E-state index < -0.39 is 0 Å². The van der Waals surface area contributed by atoms with Crippen LogP contribution in [0.1, 0.15) is 25.3 Å². The molecule has 0 aromatic heterocycles. The Morgan fingerprint density at radius 3 is 2.73 bits per heavy atom. The normalized spacial score (nSPS) is 11.5. The minimum atomic E-state index is -0.235. The fourth-order valence-electron chi connectivity index (χ4n) is 1.92. The third kappa shape index (κ3) is 7.75. The van der Waals surface area contributed by atoms with Crippen LogP contribution in [-0.4, -0.2) is 39.3 Å². The Labute approximate surface area is 140 Å². The van der Waals surface area contributed by atoms with E-state index in [4.69, 9.17) is 4.74 Å². The minimum absolute atomic E-state index is 0.235. The van der Waals surface area contributed by atoms with Crippen LogP contribution in [0.5, 0.6) is 0 Å². The highest BCUT2D eigenvalue weighted by molar-refractivity contribution is 9.10. The van der Waals surface area contributed by atoms with Crippen molar-refractivity contribution < 1.29 is 9.13 Å². The molecule has 0 aliphatic rings. The standard InChI is InChI=1S/C16H25BrFN3O/c1-3-22-11-5-4-9-20-16(19-2)21-10-8-13-6-7-15(18)14(17)12-13/h6-7,12H,3-5,8-11H2,1-2H3,(H2,19,20,21). The first kappa shape index (κ1) is 18.9. The first-order chi connectivity index (χ1) is 10.7. The van der Waals surface area contributed by atoms with Gasteiger partial charge in [-0.3, -0.25) is 4.99 Å². The molecule has 0 aliphatic heterocycles. The van der Waals surface area contributed by atoms with Gasteiger partial charge in [0.15, 0.2) is 5.96 Å². The molecular weight excluding hydrogens is 349 g/mol. The Morgan fingerprint density at radius 1 is 1.27 bits per heavy atom. The van der Waals surface area contributed by atoms with E-state index in [0.29, 0.717) is 4.47 Å². The van der Waals surface area contributed by atoms with E-state index in [1.165, 1.54) is 6.07 Å². The van der Waals surface area contributed by atoms with Crippen LogP contribution >= 0.6 is 15.9 Å². The Bertz CT molecular complexity index is 469. The van der Waals surface area contributed by atoms with Gasteiger partial charge in [-0.15, -0.1) is 0 Å². The number of halogens is 2. The highest BCUT2D eigenvalue weighted by atomic mass is 79.9. The molecule has 0 unspecified atom stereocenters. The molecule has 0 bridgehead atoms. The molecule has 0 fully saturated rings. The summed E-state index contributed by atoms with van der Waals surface area (Å²) in [7, 11) is 1.75. The predicted octanol–water partition coefficient (Wildman–Crippen LogP) is 3.11. The number of ether oxygens (including phenoxy) is 1. The van der Waals surface area contributed by atoms with Crippen molar-refractivity contribution in [2.24, 2.45) is 4.99 Å². The number of guanidine groups is 1. The molecule has 22 heavy (non-hydrogen) atoms. The number of benzene rings is 1. The van der Waals surface area contributed by atoms with Crippen molar-refractivity contribution in [1.29, 1.82) is 0 Å². The van der Waals surface area contributed by atoms with E-state index in [9.17, 15) is 4.39 Å². The maximum absolute atomic E-state index is 13.2. The zero-order valence-electron chi connectivity index (χ0n) is 13.3. The van der Waals surface area contributed by atoms with Crippen LogP contribution in [-0.2, 0) is 11.2 Å². The van der Waals surface area contributed by atoms with Crippen molar-refractivity contribution in [1.82, 2.24) is 10.6 Å². The predicted molar refractivity (Wildman–Crippen MR) is 92.9 cm³/mol. The molecule has 0 saturated heterocycles. The van der Waals surface area contributed by atoms with Crippen molar-refractivity contribution in [3.63, 3.8) is 0 Å². The summed E-state index contributed by atoms with van der Waals surface area (Å²) in [6.07, 6.45) is 2.90. The number of nitrogens with zero attached hydrogens (tertiary/aromatic N) is 1. The third-order valence-electron chi connectivity index (χ3n) is 3.13. The van der Waals surface area contributed by atoms with Gasteiger partial charge in [0.05, 0.1) is 4.47 Å². The second kappa shape index (κ2) is 11.4. The Kier molecular flexibility index (Phi) is 9.82. The molecule has 0 radical (unpaired) electrons. The smallest absolute Gasteiger partial charge is 0.190 e. The van der Waals surface area contributed by atoms with E-state index in [0.717, 1.165) is 57.1 Å². The van der Waals surface area contributed by atoms with E-state index in [1.54, 1.807) is 19.2 Å². The first-order valence-corrected chi connectivity index (χ1v) is 8.42. The monoisotopic (exact) mass is 373 g/mol. The number of hydrogen-bond donors (Lipinski definition) is 2. The van der Waals surface area contributed by atoms with E-state index >= 15 is 0 Å². The van der Waals surface area contributed by atoms with Crippen molar-refractivity contribution in [3.05, 3.63) is 34.1 Å². The van der Waals surface area contributed by atoms with E-state index in [2.05, 4.69) is 31.6 Å². The van der Waals surface area contributed by atoms with Crippen molar-refractivity contribution in [2.45, 2.75) is 26.2 Å². The quantitative estimate of drug-likeness (QED) is 0.397. The molecule has 2 N–H and O–H groups in total.